The first-order valence-corrected chi connectivity index (χ1v) is 9.19. The largest absolute Gasteiger partial charge is 0.497 e. The van der Waals surface area contributed by atoms with Crippen molar-refractivity contribution in [1.82, 2.24) is 4.90 Å². The Morgan fingerprint density at radius 1 is 1.15 bits per heavy atom. The van der Waals surface area contributed by atoms with E-state index in [-0.39, 0.29) is 36.8 Å². The van der Waals surface area contributed by atoms with Crippen molar-refractivity contribution < 1.29 is 19.1 Å². The monoisotopic (exact) mass is 367 g/mol. The Labute approximate surface area is 159 Å². The molecule has 142 valence electrons. The molecule has 0 radical (unpaired) electrons. The number of ether oxygens (including phenoxy) is 2. The number of amides is 2. The zero-order valence-electron chi connectivity index (χ0n) is 15.9. The lowest BCUT2D eigenvalue weighted by Crippen LogP contribution is -2.35. The minimum atomic E-state index is -0.564. The first-order chi connectivity index (χ1) is 13.0. The van der Waals surface area contributed by atoms with E-state index in [4.69, 9.17) is 9.47 Å². The van der Waals surface area contributed by atoms with Gasteiger partial charge in [-0.1, -0.05) is 56.3 Å². The van der Waals surface area contributed by atoms with E-state index in [2.05, 4.69) is 13.8 Å². The number of nitrogens with zero attached hydrogens (tertiary/aromatic N) is 1. The van der Waals surface area contributed by atoms with Gasteiger partial charge in [0, 0.05) is 6.42 Å². The second kappa shape index (κ2) is 8.25. The van der Waals surface area contributed by atoms with Gasteiger partial charge in [0.2, 0.25) is 5.91 Å². The molecule has 2 amide bonds. The topological polar surface area (TPSA) is 55.8 Å². The van der Waals surface area contributed by atoms with Crippen molar-refractivity contribution in [3.05, 3.63) is 65.7 Å². The van der Waals surface area contributed by atoms with Crippen LogP contribution in [-0.4, -0.2) is 30.6 Å². The fraction of sp³-hybridized carbons (Fsp3) is 0.364. The summed E-state index contributed by atoms with van der Waals surface area (Å²) >= 11 is 0. The number of imide groups is 1. The smallest absolute Gasteiger partial charge is 0.417 e. The van der Waals surface area contributed by atoms with Crippen LogP contribution in [0.4, 0.5) is 4.79 Å². The lowest BCUT2D eigenvalue weighted by molar-refractivity contribution is -0.129. The van der Waals surface area contributed by atoms with Crippen molar-refractivity contribution in [3.63, 3.8) is 0 Å². The number of hydrogen-bond acceptors (Lipinski definition) is 4. The molecular weight excluding hydrogens is 342 g/mol. The summed E-state index contributed by atoms with van der Waals surface area (Å²) in [5.74, 6) is 0.824. The Hall–Kier alpha value is -2.82. The first kappa shape index (κ1) is 19.0. The Balaban J connectivity index is 1.80. The molecule has 1 heterocycles. The Bertz CT molecular complexity index is 786. The van der Waals surface area contributed by atoms with Crippen molar-refractivity contribution >= 4 is 12.0 Å². The Kier molecular flexibility index (Phi) is 5.79. The van der Waals surface area contributed by atoms with Crippen LogP contribution in [0.15, 0.2) is 54.6 Å². The Morgan fingerprint density at radius 2 is 1.81 bits per heavy atom. The molecular formula is C22H25NO4. The molecule has 0 unspecified atom stereocenters. The Morgan fingerprint density at radius 3 is 2.41 bits per heavy atom. The van der Waals surface area contributed by atoms with Gasteiger partial charge in [-0.05, 0) is 35.1 Å². The van der Waals surface area contributed by atoms with Gasteiger partial charge < -0.3 is 9.47 Å². The minimum absolute atomic E-state index is 0.00762. The summed E-state index contributed by atoms with van der Waals surface area (Å²) in [7, 11) is 1.63. The molecule has 5 heteroatoms. The second-order valence-corrected chi connectivity index (χ2v) is 7.09. The number of rotatable bonds is 6. The number of carbonyl (C=O) groups excluding carboxylic acids is 2. The summed E-state index contributed by atoms with van der Waals surface area (Å²) in [6.07, 6.45) is -0.311. The average Bonchev–Trinajstić information content (AvgIpc) is 3.08. The van der Waals surface area contributed by atoms with Crippen LogP contribution in [0.25, 0.3) is 0 Å². The van der Waals surface area contributed by atoms with Crippen molar-refractivity contribution in [3.8, 4) is 5.75 Å². The molecule has 27 heavy (non-hydrogen) atoms. The van der Waals surface area contributed by atoms with Crippen molar-refractivity contribution in [2.24, 2.45) is 5.92 Å². The van der Waals surface area contributed by atoms with E-state index in [0.29, 0.717) is 0 Å². The quantitative estimate of drug-likeness (QED) is 0.752. The maximum atomic E-state index is 13.1. The summed E-state index contributed by atoms with van der Waals surface area (Å²) in [6, 6.07) is 16.9. The fourth-order valence-corrected chi connectivity index (χ4v) is 3.49. The molecule has 3 rings (SSSR count). The number of benzene rings is 2. The van der Waals surface area contributed by atoms with Gasteiger partial charge in [0.1, 0.15) is 18.4 Å². The molecule has 1 aliphatic rings. The number of carbonyl (C=O) groups is 2. The first-order valence-electron chi connectivity index (χ1n) is 9.19. The van der Waals surface area contributed by atoms with E-state index in [9.17, 15) is 9.59 Å². The van der Waals surface area contributed by atoms with Crippen molar-refractivity contribution in [1.29, 1.82) is 0 Å². The zero-order chi connectivity index (χ0) is 19.4. The maximum Gasteiger partial charge on any atom is 0.417 e. The lowest BCUT2D eigenvalue weighted by Gasteiger charge is -2.25. The van der Waals surface area contributed by atoms with Crippen LogP contribution in [0.2, 0.25) is 0 Å². The van der Waals surface area contributed by atoms with Gasteiger partial charge in [0.15, 0.2) is 0 Å². The highest BCUT2D eigenvalue weighted by Crippen LogP contribution is 2.33. The average molecular weight is 367 g/mol. The molecule has 2 aromatic carbocycles. The van der Waals surface area contributed by atoms with Gasteiger partial charge in [0.05, 0.1) is 7.11 Å². The van der Waals surface area contributed by atoms with Crippen molar-refractivity contribution in [2.75, 3.05) is 13.7 Å². The zero-order valence-corrected chi connectivity index (χ0v) is 15.9. The van der Waals surface area contributed by atoms with Crippen LogP contribution in [-0.2, 0) is 9.53 Å². The summed E-state index contributed by atoms with van der Waals surface area (Å²) < 4.78 is 10.4. The van der Waals surface area contributed by atoms with Crippen LogP contribution in [0, 0.1) is 5.92 Å². The standard InChI is InChI=1S/C22H25NO4/c1-15(2)19(16-9-11-18(26-3)12-10-16)13-21(24)23-20(14-27-22(23)25)17-7-5-4-6-8-17/h4-12,15,19-20H,13-14H2,1-3H3/t19-,20-/m1/s1. The molecule has 2 atom stereocenters. The highest BCUT2D eigenvalue weighted by molar-refractivity contribution is 5.94. The summed E-state index contributed by atoms with van der Waals surface area (Å²) in [5.41, 5.74) is 1.96. The predicted molar refractivity (Wildman–Crippen MR) is 103 cm³/mol. The molecule has 0 N–H and O–H groups in total. The summed E-state index contributed by atoms with van der Waals surface area (Å²) in [4.78, 5) is 26.6. The SMILES string of the molecule is COc1ccc([C@H](CC(=O)N2C(=O)OC[C@@H]2c2ccccc2)C(C)C)cc1. The van der Waals surface area contributed by atoms with Crippen LogP contribution >= 0.6 is 0 Å². The van der Waals surface area contributed by atoms with Gasteiger partial charge in [0.25, 0.3) is 0 Å². The molecule has 0 saturated carbocycles. The normalized spacial score (nSPS) is 17.7. The third kappa shape index (κ3) is 4.13. The van der Waals surface area contributed by atoms with Gasteiger partial charge in [-0.25, -0.2) is 9.69 Å². The molecule has 0 aliphatic carbocycles. The van der Waals surface area contributed by atoms with E-state index in [0.717, 1.165) is 16.9 Å². The molecule has 2 aromatic rings. The van der Waals surface area contributed by atoms with Gasteiger partial charge >= 0.3 is 6.09 Å². The molecule has 0 bridgehead atoms. The van der Waals surface area contributed by atoms with E-state index in [1.807, 2.05) is 54.6 Å². The van der Waals surface area contributed by atoms with Gasteiger partial charge in [-0.3, -0.25) is 4.79 Å². The highest BCUT2D eigenvalue weighted by atomic mass is 16.6. The third-order valence-electron chi connectivity index (χ3n) is 5.07. The second-order valence-electron chi connectivity index (χ2n) is 7.09. The van der Waals surface area contributed by atoms with Crippen LogP contribution < -0.4 is 4.74 Å². The molecule has 0 spiro atoms. The predicted octanol–water partition coefficient (Wildman–Crippen LogP) is 4.55. The maximum absolute atomic E-state index is 13.1. The van der Waals surface area contributed by atoms with Gasteiger partial charge in [-0.2, -0.15) is 0 Å². The third-order valence-corrected chi connectivity index (χ3v) is 5.07. The molecule has 1 saturated heterocycles. The molecule has 1 aliphatic heterocycles. The fourth-order valence-electron chi connectivity index (χ4n) is 3.49. The number of cyclic esters (lactones) is 1. The summed E-state index contributed by atoms with van der Waals surface area (Å²) in [6.45, 7) is 4.36. The number of hydrogen-bond donors (Lipinski definition) is 0. The lowest BCUT2D eigenvalue weighted by atomic mass is 9.85. The van der Waals surface area contributed by atoms with Gasteiger partial charge in [-0.15, -0.1) is 0 Å². The molecule has 5 nitrogen and oxygen atoms in total. The van der Waals surface area contributed by atoms with Crippen molar-refractivity contribution in [2.45, 2.75) is 32.2 Å². The highest BCUT2D eigenvalue weighted by Gasteiger charge is 2.39. The van der Waals surface area contributed by atoms with Crippen LogP contribution in [0.3, 0.4) is 0 Å². The van der Waals surface area contributed by atoms with E-state index >= 15 is 0 Å². The summed E-state index contributed by atoms with van der Waals surface area (Å²) in [5, 5.41) is 0. The van der Waals surface area contributed by atoms with E-state index in [1.54, 1.807) is 7.11 Å². The minimum Gasteiger partial charge on any atom is -0.497 e. The van der Waals surface area contributed by atoms with Crippen LogP contribution in [0.1, 0.15) is 43.4 Å². The van der Waals surface area contributed by atoms with E-state index in [1.165, 1.54) is 4.90 Å². The molecule has 0 aromatic heterocycles. The van der Waals surface area contributed by atoms with E-state index < -0.39 is 6.09 Å². The number of methoxy groups -OCH3 is 1. The molecule has 1 fully saturated rings. The van der Waals surface area contributed by atoms with Crippen LogP contribution in [0.5, 0.6) is 5.75 Å².